The summed E-state index contributed by atoms with van der Waals surface area (Å²) < 4.78 is 0. The Bertz CT molecular complexity index is 631. The van der Waals surface area contributed by atoms with Crippen molar-refractivity contribution in [2.45, 2.75) is 25.9 Å². The van der Waals surface area contributed by atoms with E-state index in [2.05, 4.69) is 76.9 Å². The topological polar surface area (TPSA) is 52.6 Å². The third kappa shape index (κ3) is 8.14. The number of aromatic nitrogens is 1. The van der Waals surface area contributed by atoms with E-state index in [-0.39, 0.29) is 24.0 Å². The molecule has 0 bridgehead atoms. The normalized spacial score (nSPS) is 12.4. The molecule has 1 atom stereocenters. The molecule has 2 rings (SSSR count). The zero-order chi connectivity index (χ0) is 17.9. The second-order valence-corrected chi connectivity index (χ2v) is 6.20. The zero-order valence-corrected chi connectivity index (χ0v) is 18.2. The van der Waals surface area contributed by atoms with Gasteiger partial charge in [0.1, 0.15) is 0 Å². The SMILES string of the molecule is CCNC(=NCc1ccccn1)NCC(Cc1ccccc1)N(C)C.I. The third-order valence-corrected chi connectivity index (χ3v) is 4.02. The molecule has 5 nitrogen and oxygen atoms in total. The fourth-order valence-corrected chi connectivity index (χ4v) is 2.53. The number of hydrogen-bond donors (Lipinski definition) is 2. The van der Waals surface area contributed by atoms with Crippen LogP contribution in [0.2, 0.25) is 0 Å². The summed E-state index contributed by atoms with van der Waals surface area (Å²) in [5.74, 6) is 0.827. The van der Waals surface area contributed by atoms with E-state index in [0.717, 1.165) is 31.2 Å². The summed E-state index contributed by atoms with van der Waals surface area (Å²) in [5.41, 5.74) is 2.31. The van der Waals surface area contributed by atoms with Crippen molar-refractivity contribution in [1.82, 2.24) is 20.5 Å². The highest BCUT2D eigenvalue weighted by molar-refractivity contribution is 14.0. The smallest absolute Gasteiger partial charge is 0.191 e. The Morgan fingerprint density at radius 3 is 2.42 bits per heavy atom. The Morgan fingerprint density at radius 1 is 1.08 bits per heavy atom. The van der Waals surface area contributed by atoms with Crippen molar-refractivity contribution in [3.05, 3.63) is 66.0 Å². The lowest BCUT2D eigenvalue weighted by Gasteiger charge is -2.25. The van der Waals surface area contributed by atoms with E-state index in [1.807, 2.05) is 18.2 Å². The lowest BCUT2D eigenvalue weighted by molar-refractivity contribution is 0.290. The van der Waals surface area contributed by atoms with Gasteiger partial charge in [-0.25, -0.2) is 4.99 Å². The molecular formula is C20H30IN5. The van der Waals surface area contributed by atoms with Crippen LogP contribution in [0.1, 0.15) is 18.2 Å². The molecule has 1 heterocycles. The maximum absolute atomic E-state index is 4.64. The van der Waals surface area contributed by atoms with Crippen molar-refractivity contribution in [2.75, 3.05) is 27.2 Å². The Balaban J connectivity index is 0.00000338. The summed E-state index contributed by atoms with van der Waals surface area (Å²) in [6, 6.07) is 16.9. The van der Waals surface area contributed by atoms with Gasteiger partial charge in [0, 0.05) is 25.3 Å². The van der Waals surface area contributed by atoms with Gasteiger partial charge in [0.15, 0.2) is 5.96 Å². The van der Waals surface area contributed by atoms with Crippen molar-refractivity contribution in [1.29, 1.82) is 0 Å². The molecule has 2 aromatic rings. The van der Waals surface area contributed by atoms with E-state index >= 15 is 0 Å². The maximum atomic E-state index is 4.64. The van der Waals surface area contributed by atoms with Gasteiger partial charge in [0.05, 0.1) is 12.2 Å². The Morgan fingerprint density at radius 2 is 1.81 bits per heavy atom. The molecule has 0 spiro atoms. The number of halogens is 1. The largest absolute Gasteiger partial charge is 0.357 e. The predicted octanol–water partition coefficient (Wildman–Crippen LogP) is 2.93. The molecule has 2 N–H and O–H groups in total. The van der Waals surface area contributed by atoms with Crippen LogP contribution in [0, 0.1) is 0 Å². The number of pyridine rings is 1. The quantitative estimate of drug-likeness (QED) is 0.356. The van der Waals surface area contributed by atoms with Crippen LogP contribution in [0.15, 0.2) is 59.7 Å². The molecule has 0 fully saturated rings. The first-order chi connectivity index (χ1) is 12.2. The standard InChI is InChI=1S/C20H29N5.HI/c1-4-21-20(23-15-18-12-8-9-13-22-18)24-16-19(25(2)3)14-17-10-6-5-7-11-17;/h5-13,19H,4,14-16H2,1-3H3,(H2,21,23,24);1H. The van der Waals surface area contributed by atoms with Gasteiger partial charge in [-0.05, 0) is 45.1 Å². The van der Waals surface area contributed by atoms with Crippen molar-refractivity contribution in [3.8, 4) is 0 Å². The summed E-state index contributed by atoms with van der Waals surface area (Å²) in [6.45, 7) is 4.31. The van der Waals surface area contributed by atoms with Crippen LogP contribution in [-0.4, -0.2) is 49.1 Å². The first-order valence-corrected chi connectivity index (χ1v) is 8.81. The number of nitrogens with zero attached hydrogens (tertiary/aromatic N) is 3. The molecule has 1 aromatic carbocycles. The first kappa shape index (κ1) is 22.4. The molecular weight excluding hydrogens is 437 g/mol. The van der Waals surface area contributed by atoms with E-state index < -0.39 is 0 Å². The maximum Gasteiger partial charge on any atom is 0.191 e. The van der Waals surface area contributed by atoms with Crippen molar-refractivity contribution in [3.63, 3.8) is 0 Å². The molecule has 26 heavy (non-hydrogen) atoms. The Labute approximate surface area is 174 Å². The van der Waals surface area contributed by atoms with Crippen LogP contribution in [-0.2, 0) is 13.0 Å². The molecule has 142 valence electrons. The average Bonchev–Trinajstić information content (AvgIpc) is 2.64. The minimum absolute atomic E-state index is 0. The highest BCUT2D eigenvalue weighted by Gasteiger charge is 2.13. The van der Waals surface area contributed by atoms with Gasteiger partial charge < -0.3 is 15.5 Å². The number of benzene rings is 1. The molecule has 6 heteroatoms. The van der Waals surface area contributed by atoms with E-state index in [9.17, 15) is 0 Å². The number of aliphatic imine (C=N–C) groups is 1. The summed E-state index contributed by atoms with van der Waals surface area (Å²) in [7, 11) is 4.24. The average molecular weight is 467 g/mol. The van der Waals surface area contributed by atoms with Gasteiger partial charge in [-0.15, -0.1) is 24.0 Å². The van der Waals surface area contributed by atoms with Crippen LogP contribution < -0.4 is 10.6 Å². The van der Waals surface area contributed by atoms with Crippen LogP contribution in [0.4, 0.5) is 0 Å². The van der Waals surface area contributed by atoms with Crippen molar-refractivity contribution >= 4 is 29.9 Å². The number of nitrogens with one attached hydrogen (secondary N) is 2. The molecule has 1 aromatic heterocycles. The fourth-order valence-electron chi connectivity index (χ4n) is 2.53. The molecule has 0 saturated carbocycles. The van der Waals surface area contributed by atoms with Gasteiger partial charge in [-0.2, -0.15) is 0 Å². The molecule has 0 amide bonds. The molecule has 1 unspecified atom stereocenters. The minimum atomic E-state index is 0. The molecule has 0 aliphatic rings. The predicted molar refractivity (Wildman–Crippen MR) is 120 cm³/mol. The van der Waals surface area contributed by atoms with Gasteiger partial charge in [-0.3, -0.25) is 4.98 Å². The third-order valence-electron chi connectivity index (χ3n) is 4.02. The Hall–Kier alpha value is -1.67. The fraction of sp³-hybridized carbons (Fsp3) is 0.400. The van der Waals surface area contributed by atoms with Crippen LogP contribution in [0.5, 0.6) is 0 Å². The molecule has 0 aliphatic carbocycles. The summed E-state index contributed by atoms with van der Waals surface area (Å²) in [6.07, 6.45) is 2.80. The second kappa shape index (κ2) is 12.6. The number of hydrogen-bond acceptors (Lipinski definition) is 3. The van der Waals surface area contributed by atoms with Gasteiger partial charge in [0.25, 0.3) is 0 Å². The number of rotatable bonds is 8. The monoisotopic (exact) mass is 467 g/mol. The van der Waals surface area contributed by atoms with E-state index in [0.29, 0.717) is 12.6 Å². The summed E-state index contributed by atoms with van der Waals surface area (Å²) in [4.78, 5) is 11.2. The highest BCUT2D eigenvalue weighted by atomic mass is 127. The van der Waals surface area contributed by atoms with Gasteiger partial charge in [0.2, 0.25) is 0 Å². The van der Waals surface area contributed by atoms with Crippen LogP contribution in [0.25, 0.3) is 0 Å². The van der Waals surface area contributed by atoms with E-state index in [4.69, 9.17) is 0 Å². The van der Waals surface area contributed by atoms with Crippen molar-refractivity contribution < 1.29 is 0 Å². The van der Waals surface area contributed by atoms with Crippen LogP contribution in [0.3, 0.4) is 0 Å². The minimum Gasteiger partial charge on any atom is -0.357 e. The zero-order valence-electron chi connectivity index (χ0n) is 15.9. The lowest BCUT2D eigenvalue weighted by Crippen LogP contribution is -2.46. The highest BCUT2D eigenvalue weighted by Crippen LogP contribution is 2.06. The second-order valence-electron chi connectivity index (χ2n) is 6.20. The van der Waals surface area contributed by atoms with Gasteiger partial charge >= 0.3 is 0 Å². The number of guanidine groups is 1. The Kier molecular flexibility index (Phi) is 10.9. The van der Waals surface area contributed by atoms with E-state index in [1.165, 1.54) is 5.56 Å². The first-order valence-electron chi connectivity index (χ1n) is 8.81. The van der Waals surface area contributed by atoms with Crippen molar-refractivity contribution in [2.24, 2.45) is 4.99 Å². The van der Waals surface area contributed by atoms with E-state index in [1.54, 1.807) is 6.20 Å². The lowest BCUT2D eigenvalue weighted by atomic mass is 10.1. The molecule has 0 radical (unpaired) electrons. The summed E-state index contributed by atoms with van der Waals surface area (Å²) in [5, 5.41) is 6.77. The molecule has 0 aliphatic heterocycles. The van der Waals surface area contributed by atoms with Gasteiger partial charge in [-0.1, -0.05) is 36.4 Å². The molecule has 0 saturated heterocycles. The summed E-state index contributed by atoms with van der Waals surface area (Å²) >= 11 is 0. The van der Waals surface area contributed by atoms with Crippen LogP contribution >= 0.6 is 24.0 Å². The number of likely N-dealkylation sites (N-methyl/N-ethyl adjacent to an activating group) is 1.